The minimum atomic E-state index is -0.964. The van der Waals surface area contributed by atoms with Gasteiger partial charge < -0.3 is 15.7 Å². The van der Waals surface area contributed by atoms with E-state index in [9.17, 15) is 9.59 Å². The van der Waals surface area contributed by atoms with Gasteiger partial charge in [-0.3, -0.25) is 4.79 Å². The normalized spacial score (nSPS) is 25.1. The summed E-state index contributed by atoms with van der Waals surface area (Å²) in [6.07, 6.45) is 0. The van der Waals surface area contributed by atoms with E-state index in [2.05, 4.69) is 10.6 Å². The third-order valence-electron chi connectivity index (χ3n) is 1.60. The maximum absolute atomic E-state index is 10.3. The molecular formula is C7H12N2O3S2. The van der Waals surface area contributed by atoms with Gasteiger partial charge in [0.25, 0.3) is 5.24 Å². The summed E-state index contributed by atoms with van der Waals surface area (Å²) in [5.74, 6) is 1.85. The quantitative estimate of drug-likeness (QED) is 0.602. The standard InChI is InChI=1S/C4H5NO3S.C3H7NS/c6-3(7)2-1-9-4(8)5-2;1-2-5-3-4-1/h2H,1H2,(H,5,8)(H,6,7);4H,1-3H2. The fourth-order valence-electron chi connectivity index (χ4n) is 0.878. The van der Waals surface area contributed by atoms with Crippen LogP contribution in [0.2, 0.25) is 0 Å². The molecule has 2 rings (SSSR count). The highest BCUT2D eigenvalue weighted by atomic mass is 32.2. The Bertz CT molecular complexity index is 213. The molecular weight excluding hydrogens is 224 g/mol. The highest BCUT2D eigenvalue weighted by Crippen LogP contribution is 2.12. The van der Waals surface area contributed by atoms with E-state index in [1.807, 2.05) is 11.8 Å². The number of nitrogens with one attached hydrogen (secondary N) is 2. The van der Waals surface area contributed by atoms with Crippen LogP contribution in [-0.4, -0.2) is 46.3 Å². The van der Waals surface area contributed by atoms with E-state index < -0.39 is 12.0 Å². The van der Waals surface area contributed by atoms with Gasteiger partial charge >= 0.3 is 5.97 Å². The molecule has 1 amide bonds. The third-order valence-corrected chi connectivity index (χ3v) is 3.38. The molecule has 0 aliphatic carbocycles. The zero-order chi connectivity index (χ0) is 10.4. The Hall–Kier alpha value is -0.400. The first-order valence-corrected chi connectivity index (χ1v) is 6.29. The number of hydrogen-bond acceptors (Lipinski definition) is 5. The number of rotatable bonds is 1. The predicted octanol–water partition coefficient (Wildman–Crippen LogP) is 0.176. The van der Waals surface area contributed by atoms with Crippen LogP contribution in [0.15, 0.2) is 0 Å². The molecule has 14 heavy (non-hydrogen) atoms. The van der Waals surface area contributed by atoms with Crippen LogP contribution in [0.3, 0.4) is 0 Å². The number of carboxylic acid groups (broad SMARTS) is 1. The first-order valence-electron chi connectivity index (χ1n) is 4.14. The van der Waals surface area contributed by atoms with E-state index in [1.165, 1.54) is 18.2 Å². The fraction of sp³-hybridized carbons (Fsp3) is 0.714. The van der Waals surface area contributed by atoms with E-state index >= 15 is 0 Å². The molecule has 0 aromatic rings. The second-order valence-corrected chi connectivity index (χ2v) is 4.78. The zero-order valence-corrected chi connectivity index (χ0v) is 9.12. The van der Waals surface area contributed by atoms with Crippen molar-refractivity contribution in [3.63, 3.8) is 0 Å². The highest BCUT2D eigenvalue weighted by Gasteiger charge is 2.27. The lowest BCUT2D eigenvalue weighted by Gasteiger charge is -1.98. The molecule has 3 N–H and O–H groups in total. The van der Waals surface area contributed by atoms with E-state index in [0.29, 0.717) is 5.75 Å². The maximum atomic E-state index is 10.3. The second-order valence-electron chi connectivity index (χ2n) is 2.69. The molecule has 2 saturated heterocycles. The van der Waals surface area contributed by atoms with Crippen LogP contribution in [0, 0.1) is 0 Å². The van der Waals surface area contributed by atoms with Crippen LogP contribution >= 0.6 is 23.5 Å². The Balaban J connectivity index is 0.000000165. The first-order chi connectivity index (χ1) is 6.70. The lowest BCUT2D eigenvalue weighted by atomic mass is 10.4. The van der Waals surface area contributed by atoms with Gasteiger partial charge in [-0.25, -0.2) is 4.79 Å². The summed E-state index contributed by atoms with van der Waals surface area (Å²) in [5.41, 5.74) is 0. The van der Waals surface area contributed by atoms with Crippen LogP contribution < -0.4 is 10.6 Å². The topological polar surface area (TPSA) is 78.4 Å². The molecule has 0 bridgehead atoms. The van der Waals surface area contributed by atoms with Gasteiger partial charge in [-0.05, 0) is 0 Å². The number of carbonyl (C=O) groups excluding carboxylic acids is 1. The van der Waals surface area contributed by atoms with Crippen molar-refractivity contribution in [3.8, 4) is 0 Å². The molecule has 80 valence electrons. The summed E-state index contributed by atoms with van der Waals surface area (Å²) in [7, 11) is 0. The number of amides is 1. The van der Waals surface area contributed by atoms with Crippen LogP contribution in [-0.2, 0) is 4.79 Å². The first kappa shape index (κ1) is 11.7. The monoisotopic (exact) mass is 236 g/mol. The number of aliphatic carboxylic acids is 1. The van der Waals surface area contributed by atoms with Crippen molar-refractivity contribution in [2.45, 2.75) is 6.04 Å². The molecule has 0 aromatic carbocycles. The van der Waals surface area contributed by atoms with E-state index in [4.69, 9.17) is 5.11 Å². The molecule has 2 fully saturated rings. The number of hydrogen-bond donors (Lipinski definition) is 3. The van der Waals surface area contributed by atoms with Gasteiger partial charge in [-0.15, -0.1) is 11.8 Å². The van der Waals surface area contributed by atoms with Gasteiger partial charge in [0.2, 0.25) is 0 Å². The van der Waals surface area contributed by atoms with Crippen molar-refractivity contribution >= 4 is 34.7 Å². The summed E-state index contributed by atoms with van der Waals surface area (Å²) < 4.78 is 0. The third kappa shape index (κ3) is 4.21. The van der Waals surface area contributed by atoms with E-state index in [0.717, 1.165) is 11.8 Å². The number of thioether (sulfide) groups is 2. The number of carbonyl (C=O) groups is 2. The Morgan fingerprint density at radius 2 is 2.36 bits per heavy atom. The molecule has 2 aliphatic heterocycles. The van der Waals surface area contributed by atoms with Crippen molar-refractivity contribution in [2.75, 3.05) is 23.9 Å². The van der Waals surface area contributed by atoms with Gasteiger partial charge in [-0.2, -0.15) is 0 Å². The van der Waals surface area contributed by atoms with Crippen LogP contribution in [0.4, 0.5) is 4.79 Å². The van der Waals surface area contributed by atoms with Gasteiger partial charge in [-0.1, -0.05) is 11.8 Å². The lowest BCUT2D eigenvalue weighted by Crippen LogP contribution is -2.33. The fourth-order valence-corrected chi connectivity index (χ4v) is 2.37. The van der Waals surface area contributed by atoms with E-state index in [1.54, 1.807) is 0 Å². The lowest BCUT2D eigenvalue weighted by molar-refractivity contribution is -0.138. The van der Waals surface area contributed by atoms with Gasteiger partial charge in [0.15, 0.2) is 0 Å². The van der Waals surface area contributed by atoms with E-state index in [-0.39, 0.29) is 5.24 Å². The summed E-state index contributed by atoms with van der Waals surface area (Å²) in [5, 5.41) is 13.5. The molecule has 0 spiro atoms. The van der Waals surface area contributed by atoms with Crippen molar-refractivity contribution in [1.29, 1.82) is 0 Å². The van der Waals surface area contributed by atoms with Crippen LogP contribution in [0.25, 0.3) is 0 Å². The summed E-state index contributed by atoms with van der Waals surface area (Å²) in [6.45, 7) is 1.21. The largest absolute Gasteiger partial charge is 0.480 e. The second kappa shape index (κ2) is 6.15. The molecule has 0 saturated carbocycles. The summed E-state index contributed by atoms with van der Waals surface area (Å²) in [4.78, 5) is 20.5. The van der Waals surface area contributed by atoms with Crippen molar-refractivity contribution in [3.05, 3.63) is 0 Å². The van der Waals surface area contributed by atoms with Gasteiger partial charge in [0, 0.05) is 23.9 Å². The minimum absolute atomic E-state index is 0.248. The molecule has 2 heterocycles. The SMILES string of the molecule is C1CSCN1.O=C1NC(C(=O)O)CS1. The highest BCUT2D eigenvalue weighted by molar-refractivity contribution is 8.14. The Labute approximate surface area is 90.4 Å². The zero-order valence-electron chi connectivity index (χ0n) is 7.49. The number of carboxylic acids is 1. The minimum Gasteiger partial charge on any atom is -0.480 e. The van der Waals surface area contributed by atoms with Crippen LogP contribution in [0.5, 0.6) is 0 Å². The summed E-state index contributed by atoms with van der Waals surface area (Å²) >= 11 is 2.97. The van der Waals surface area contributed by atoms with Gasteiger partial charge in [0.05, 0.1) is 0 Å². The molecule has 0 radical (unpaired) electrons. The smallest absolute Gasteiger partial charge is 0.327 e. The molecule has 5 nitrogen and oxygen atoms in total. The average molecular weight is 236 g/mol. The molecule has 1 unspecified atom stereocenters. The predicted molar refractivity (Wildman–Crippen MR) is 57.7 cm³/mol. The van der Waals surface area contributed by atoms with Crippen LogP contribution in [0.1, 0.15) is 0 Å². The van der Waals surface area contributed by atoms with Crippen molar-refractivity contribution in [2.24, 2.45) is 0 Å². The van der Waals surface area contributed by atoms with Gasteiger partial charge in [0.1, 0.15) is 6.04 Å². The molecule has 2 aliphatic rings. The summed E-state index contributed by atoms with van der Waals surface area (Å²) in [6, 6.07) is -0.678. The average Bonchev–Trinajstić information content (AvgIpc) is 2.74. The maximum Gasteiger partial charge on any atom is 0.327 e. The van der Waals surface area contributed by atoms with Crippen molar-refractivity contribution in [1.82, 2.24) is 10.6 Å². The Morgan fingerprint density at radius 3 is 2.57 bits per heavy atom. The van der Waals surface area contributed by atoms with Crippen molar-refractivity contribution < 1.29 is 14.7 Å². The Morgan fingerprint density at radius 1 is 1.57 bits per heavy atom. The molecule has 1 atom stereocenters. The molecule has 7 heteroatoms. The Kier molecular flexibility index (Phi) is 5.13. The molecule has 0 aromatic heterocycles.